The quantitative estimate of drug-likeness (QED) is 0.439. The van der Waals surface area contributed by atoms with Crippen LogP contribution in [0, 0.1) is 0 Å². The lowest BCUT2D eigenvalue weighted by molar-refractivity contribution is -0.0229. The third-order valence-corrected chi connectivity index (χ3v) is 5.51. The molecule has 1 unspecified atom stereocenters. The van der Waals surface area contributed by atoms with E-state index in [-0.39, 0.29) is 23.5 Å². The predicted octanol–water partition coefficient (Wildman–Crippen LogP) is 1.67. The molecular weight excluding hydrogens is 382 g/mol. The molecule has 0 radical (unpaired) electrons. The Hall–Kier alpha value is -2.60. The second-order valence-corrected chi connectivity index (χ2v) is 7.39. The second-order valence-electron chi connectivity index (χ2n) is 6.53. The summed E-state index contributed by atoms with van der Waals surface area (Å²) in [7, 11) is 0. The van der Waals surface area contributed by atoms with Crippen LogP contribution < -0.4 is 11.1 Å². The minimum atomic E-state index is -1.30. The molecule has 3 heterocycles. The van der Waals surface area contributed by atoms with E-state index in [1.165, 1.54) is 11.3 Å². The maximum absolute atomic E-state index is 12.6. The van der Waals surface area contributed by atoms with Crippen LogP contribution in [0.1, 0.15) is 48.2 Å². The number of rotatable bonds is 7. The molecular formula is C17H21N7O3S. The van der Waals surface area contributed by atoms with Crippen LogP contribution >= 0.6 is 11.3 Å². The number of carbonyl (C=O) groups excluding carboxylic acids is 1. The fourth-order valence-electron chi connectivity index (χ4n) is 3.10. The first kappa shape index (κ1) is 18.7. The highest BCUT2D eigenvalue weighted by Gasteiger charge is 2.33. The van der Waals surface area contributed by atoms with Gasteiger partial charge in [0.15, 0.2) is 0 Å². The Kier molecular flexibility index (Phi) is 5.22. The van der Waals surface area contributed by atoms with Crippen molar-refractivity contribution >= 4 is 22.9 Å². The van der Waals surface area contributed by atoms with Gasteiger partial charge in [-0.3, -0.25) is 14.6 Å². The van der Waals surface area contributed by atoms with E-state index in [1.807, 2.05) is 6.92 Å². The topological polar surface area (TPSA) is 144 Å². The zero-order valence-corrected chi connectivity index (χ0v) is 16.0. The lowest BCUT2D eigenvalue weighted by Gasteiger charge is -2.34. The number of aliphatic hydroxyl groups excluding tert-OH is 1. The van der Waals surface area contributed by atoms with Crippen LogP contribution in [-0.2, 0) is 4.74 Å². The molecule has 148 valence electrons. The lowest BCUT2D eigenvalue weighted by atomic mass is 9.89. The summed E-state index contributed by atoms with van der Waals surface area (Å²) in [6.07, 6.45) is 5.64. The summed E-state index contributed by atoms with van der Waals surface area (Å²) in [5.74, 6) is -0.395. The minimum Gasteiger partial charge on any atom is -0.378 e. The Morgan fingerprint density at radius 1 is 1.57 bits per heavy atom. The number of anilines is 1. The van der Waals surface area contributed by atoms with Gasteiger partial charge in [0.1, 0.15) is 22.6 Å². The highest BCUT2D eigenvalue weighted by Crippen LogP contribution is 2.35. The number of nitrogens with zero attached hydrogens (tertiary/aromatic N) is 4. The number of hydrogen-bond donors (Lipinski definition) is 4. The minimum absolute atomic E-state index is 0.159. The van der Waals surface area contributed by atoms with Gasteiger partial charge >= 0.3 is 0 Å². The Balaban J connectivity index is 1.48. The molecule has 4 rings (SSSR count). The molecule has 1 aliphatic carbocycles. The summed E-state index contributed by atoms with van der Waals surface area (Å²) in [5, 5.41) is 25.9. The van der Waals surface area contributed by atoms with Crippen molar-refractivity contribution in [2.45, 2.75) is 38.1 Å². The van der Waals surface area contributed by atoms with E-state index >= 15 is 0 Å². The monoisotopic (exact) mass is 403 g/mol. The third kappa shape index (κ3) is 3.69. The molecule has 1 fully saturated rings. The molecule has 1 saturated carbocycles. The molecule has 10 nitrogen and oxygen atoms in total. The average Bonchev–Trinajstić information content (AvgIpc) is 3.36. The van der Waals surface area contributed by atoms with E-state index in [0.29, 0.717) is 17.3 Å². The molecule has 1 aliphatic rings. The molecule has 0 aromatic carbocycles. The summed E-state index contributed by atoms with van der Waals surface area (Å²) in [6.45, 7) is 2.65. The third-order valence-electron chi connectivity index (χ3n) is 4.62. The molecule has 0 aliphatic heterocycles. The number of hydrogen-bond acceptors (Lipinski definition) is 8. The van der Waals surface area contributed by atoms with E-state index in [4.69, 9.17) is 10.5 Å². The van der Waals surface area contributed by atoms with Crippen molar-refractivity contribution in [3.05, 3.63) is 35.4 Å². The van der Waals surface area contributed by atoms with E-state index in [1.54, 1.807) is 28.7 Å². The number of ether oxygens (including phenoxy) is 1. The number of carbonyl (C=O) groups is 1. The number of aliphatic hydroxyl groups is 1. The maximum Gasteiger partial charge on any atom is 0.275 e. The van der Waals surface area contributed by atoms with Gasteiger partial charge in [-0.25, -0.2) is 4.98 Å². The number of H-pyrrole nitrogens is 1. The SMILES string of the molecule is CCO[C@H]1C[C@@H](n2cc(NC(=O)c3csc(-c4cn[nH]c4)n3)c(C(N)O)n2)C1. The van der Waals surface area contributed by atoms with Gasteiger partial charge in [-0.1, -0.05) is 0 Å². The molecule has 3 aromatic rings. The maximum atomic E-state index is 12.6. The van der Waals surface area contributed by atoms with Gasteiger partial charge in [0.05, 0.1) is 24.0 Å². The van der Waals surface area contributed by atoms with E-state index in [2.05, 4.69) is 25.6 Å². The van der Waals surface area contributed by atoms with Crippen molar-refractivity contribution in [2.75, 3.05) is 11.9 Å². The number of nitrogens with two attached hydrogens (primary N) is 1. The predicted molar refractivity (Wildman–Crippen MR) is 103 cm³/mol. The van der Waals surface area contributed by atoms with Gasteiger partial charge in [0.25, 0.3) is 5.91 Å². The van der Waals surface area contributed by atoms with Crippen LogP contribution in [0.4, 0.5) is 5.69 Å². The molecule has 5 N–H and O–H groups in total. The zero-order chi connectivity index (χ0) is 19.7. The highest BCUT2D eigenvalue weighted by molar-refractivity contribution is 7.13. The molecule has 1 amide bonds. The molecule has 11 heteroatoms. The van der Waals surface area contributed by atoms with E-state index < -0.39 is 12.1 Å². The smallest absolute Gasteiger partial charge is 0.275 e. The highest BCUT2D eigenvalue weighted by atomic mass is 32.1. The van der Waals surface area contributed by atoms with Gasteiger partial charge in [-0.05, 0) is 19.8 Å². The summed E-state index contributed by atoms with van der Waals surface area (Å²) in [4.78, 5) is 16.9. The van der Waals surface area contributed by atoms with E-state index in [9.17, 15) is 9.90 Å². The van der Waals surface area contributed by atoms with E-state index in [0.717, 1.165) is 18.4 Å². The molecule has 0 bridgehead atoms. The largest absolute Gasteiger partial charge is 0.378 e. The first-order chi connectivity index (χ1) is 13.5. The number of nitrogens with one attached hydrogen (secondary N) is 2. The van der Waals surface area contributed by atoms with Crippen LogP contribution in [0.3, 0.4) is 0 Å². The summed E-state index contributed by atoms with van der Waals surface area (Å²) >= 11 is 1.34. The fourth-order valence-corrected chi connectivity index (χ4v) is 3.88. The molecule has 3 aromatic heterocycles. The van der Waals surface area contributed by atoms with Crippen LogP contribution in [0.25, 0.3) is 10.6 Å². The number of amides is 1. The van der Waals surface area contributed by atoms with Gasteiger partial charge in [-0.15, -0.1) is 11.3 Å². The lowest BCUT2D eigenvalue weighted by Crippen LogP contribution is -2.33. The Morgan fingerprint density at radius 2 is 2.39 bits per heavy atom. The van der Waals surface area contributed by atoms with Gasteiger partial charge in [0, 0.05) is 29.9 Å². The zero-order valence-electron chi connectivity index (χ0n) is 15.2. The first-order valence-electron chi connectivity index (χ1n) is 8.95. The van der Waals surface area contributed by atoms with Crippen molar-refractivity contribution in [1.29, 1.82) is 0 Å². The van der Waals surface area contributed by atoms with Crippen molar-refractivity contribution in [3.63, 3.8) is 0 Å². The Labute approximate surface area is 164 Å². The van der Waals surface area contributed by atoms with Crippen molar-refractivity contribution < 1.29 is 14.6 Å². The summed E-state index contributed by atoms with van der Waals surface area (Å²) in [6, 6.07) is 0.159. The summed E-state index contributed by atoms with van der Waals surface area (Å²) in [5.41, 5.74) is 7.30. The number of aromatic nitrogens is 5. The second kappa shape index (κ2) is 7.80. The average molecular weight is 403 g/mol. The van der Waals surface area contributed by atoms with Crippen LogP contribution in [-0.4, -0.2) is 48.7 Å². The van der Waals surface area contributed by atoms with Gasteiger partial charge in [-0.2, -0.15) is 10.2 Å². The molecule has 1 atom stereocenters. The molecule has 0 spiro atoms. The molecule has 0 saturated heterocycles. The van der Waals surface area contributed by atoms with Gasteiger partial charge < -0.3 is 20.9 Å². The van der Waals surface area contributed by atoms with Crippen LogP contribution in [0.5, 0.6) is 0 Å². The number of aromatic amines is 1. The first-order valence-corrected chi connectivity index (χ1v) is 9.83. The van der Waals surface area contributed by atoms with Gasteiger partial charge in [0.2, 0.25) is 0 Å². The van der Waals surface area contributed by atoms with Crippen molar-refractivity contribution in [3.8, 4) is 10.6 Å². The normalized spacial score (nSPS) is 20.0. The molecule has 28 heavy (non-hydrogen) atoms. The van der Waals surface area contributed by atoms with Crippen molar-refractivity contribution in [2.24, 2.45) is 5.73 Å². The van der Waals surface area contributed by atoms with Crippen LogP contribution in [0.15, 0.2) is 24.0 Å². The standard InChI is InChI=1S/C17H21N7O3S/c1-2-27-11-3-10(4-11)24-7-12(14(23-24)15(18)25)21-16(26)13-8-28-17(22-13)9-5-19-20-6-9/h5-8,10-11,15,25H,2-4,18H2,1H3,(H,19,20)(H,21,26)/t10-,11+,15?. The number of thiazole rings is 1. The Bertz CT molecular complexity index is 944. The van der Waals surface area contributed by atoms with Crippen molar-refractivity contribution in [1.82, 2.24) is 25.0 Å². The fraction of sp³-hybridized carbons (Fsp3) is 0.412. The summed E-state index contributed by atoms with van der Waals surface area (Å²) < 4.78 is 7.30. The van der Waals surface area contributed by atoms with Crippen LogP contribution in [0.2, 0.25) is 0 Å². The Morgan fingerprint density at radius 3 is 3.07 bits per heavy atom.